The molecule has 0 spiro atoms. The highest BCUT2D eigenvalue weighted by Crippen LogP contribution is 2.38. The maximum atomic E-state index is 6.24. The van der Waals surface area contributed by atoms with Gasteiger partial charge in [0, 0.05) is 17.3 Å². The van der Waals surface area contributed by atoms with E-state index in [-0.39, 0.29) is 0 Å². The van der Waals surface area contributed by atoms with E-state index in [1.54, 1.807) is 0 Å². The van der Waals surface area contributed by atoms with Gasteiger partial charge in [-0.2, -0.15) is 0 Å². The number of ether oxygens (including phenoxy) is 3. The van der Waals surface area contributed by atoms with Crippen molar-refractivity contribution in [2.45, 2.75) is 52.1 Å². The molecule has 1 aromatic heterocycles. The minimum absolute atomic E-state index is 0.424. The Morgan fingerprint density at radius 3 is 2.32 bits per heavy atom. The van der Waals surface area contributed by atoms with Crippen LogP contribution in [-0.4, -0.2) is 36.5 Å². The second-order valence-corrected chi connectivity index (χ2v) is 8.17. The van der Waals surface area contributed by atoms with Gasteiger partial charge in [-0.05, 0) is 58.3 Å². The maximum absolute atomic E-state index is 6.24. The summed E-state index contributed by atoms with van der Waals surface area (Å²) in [6.07, 6.45) is -0.469. The van der Waals surface area contributed by atoms with Gasteiger partial charge in [0.25, 0.3) is 0 Å². The molecule has 0 atom stereocenters. The molecule has 2 aliphatic heterocycles. The van der Waals surface area contributed by atoms with Crippen molar-refractivity contribution in [3.05, 3.63) is 47.7 Å². The SMILES string of the molecule is Cc1cccc(Oc2ccc(B3OC(C)(C)C(C)(C)O3)c(C3OCCO3)c2)n1. The summed E-state index contributed by atoms with van der Waals surface area (Å²) in [6.45, 7) is 11.2. The number of hydrogen-bond donors (Lipinski definition) is 0. The number of benzene rings is 1. The smallest absolute Gasteiger partial charge is 0.439 e. The van der Waals surface area contributed by atoms with Crippen LogP contribution in [0.1, 0.15) is 45.2 Å². The number of aromatic nitrogens is 1. The summed E-state index contributed by atoms with van der Waals surface area (Å²) in [5.41, 5.74) is 1.78. The topological polar surface area (TPSA) is 59.0 Å². The molecular weight excluding hydrogens is 357 g/mol. The summed E-state index contributed by atoms with van der Waals surface area (Å²) < 4.78 is 30.0. The Balaban J connectivity index is 1.67. The summed E-state index contributed by atoms with van der Waals surface area (Å²) in [5, 5.41) is 0. The lowest BCUT2D eigenvalue weighted by Gasteiger charge is -2.32. The van der Waals surface area contributed by atoms with Crippen LogP contribution in [0.3, 0.4) is 0 Å². The van der Waals surface area contributed by atoms with Crippen molar-refractivity contribution in [3.63, 3.8) is 0 Å². The van der Waals surface area contributed by atoms with Gasteiger partial charge < -0.3 is 23.5 Å². The van der Waals surface area contributed by atoms with E-state index in [4.69, 9.17) is 23.5 Å². The largest absolute Gasteiger partial charge is 0.495 e. The number of aryl methyl sites for hydroxylation is 1. The summed E-state index contributed by atoms with van der Waals surface area (Å²) in [5.74, 6) is 1.20. The van der Waals surface area contributed by atoms with Crippen molar-refractivity contribution < 1.29 is 23.5 Å². The van der Waals surface area contributed by atoms with E-state index in [9.17, 15) is 0 Å². The zero-order valence-electron chi connectivity index (χ0n) is 17.0. The third kappa shape index (κ3) is 3.67. The van der Waals surface area contributed by atoms with E-state index in [0.717, 1.165) is 16.7 Å². The number of pyridine rings is 1. The van der Waals surface area contributed by atoms with Crippen molar-refractivity contribution in [1.29, 1.82) is 0 Å². The van der Waals surface area contributed by atoms with Gasteiger partial charge in [-0.25, -0.2) is 4.98 Å². The van der Waals surface area contributed by atoms with Crippen LogP contribution in [0.15, 0.2) is 36.4 Å². The van der Waals surface area contributed by atoms with E-state index in [2.05, 4.69) is 4.98 Å². The summed E-state index contributed by atoms with van der Waals surface area (Å²) in [4.78, 5) is 4.40. The highest BCUT2D eigenvalue weighted by Gasteiger charge is 2.52. The number of hydrogen-bond acceptors (Lipinski definition) is 6. The molecule has 2 saturated heterocycles. The molecule has 0 aliphatic carbocycles. The average Bonchev–Trinajstić information content (AvgIpc) is 3.21. The van der Waals surface area contributed by atoms with Crippen LogP contribution in [-0.2, 0) is 18.8 Å². The minimum Gasteiger partial charge on any atom is -0.439 e. The zero-order valence-corrected chi connectivity index (χ0v) is 17.0. The van der Waals surface area contributed by atoms with Crippen molar-refractivity contribution in [3.8, 4) is 11.6 Å². The van der Waals surface area contributed by atoms with Gasteiger partial charge in [0.15, 0.2) is 6.29 Å². The first kappa shape index (κ1) is 19.4. The molecule has 0 unspecified atom stereocenters. The van der Waals surface area contributed by atoms with E-state index >= 15 is 0 Å². The van der Waals surface area contributed by atoms with Crippen LogP contribution in [0.5, 0.6) is 11.6 Å². The third-order valence-corrected chi connectivity index (χ3v) is 5.53. The second kappa shape index (κ2) is 7.15. The molecule has 2 fully saturated rings. The Labute approximate surface area is 166 Å². The summed E-state index contributed by atoms with van der Waals surface area (Å²) >= 11 is 0. The highest BCUT2D eigenvalue weighted by atomic mass is 16.7. The van der Waals surface area contributed by atoms with Gasteiger partial charge >= 0.3 is 7.12 Å². The van der Waals surface area contributed by atoms with E-state index in [1.807, 2.05) is 71.0 Å². The quantitative estimate of drug-likeness (QED) is 0.753. The Hall–Kier alpha value is -1.93. The molecule has 7 heteroatoms. The third-order valence-electron chi connectivity index (χ3n) is 5.53. The molecule has 0 radical (unpaired) electrons. The fourth-order valence-electron chi connectivity index (χ4n) is 3.24. The van der Waals surface area contributed by atoms with Gasteiger partial charge in [0.1, 0.15) is 5.75 Å². The molecule has 6 nitrogen and oxygen atoms in total. The van der Waals surface area contributed by atoms with E-state index < -0.39 is 24.6 Å². The van der Waals surface area contributed by atoms with Gasteiger partial charge in [0.2, 0.25) is 5.88 Å². The molecule has 0 saturated carbocycles. The van der Waals surface area contributed by atoms with Crippen LogP contribution in [0.25, 0.3) is 0 Å². The second-order valence-electron chi connectivity index (χ2n) is 8.17. The fourth-order valence-corrected chi connectivity index (χ4v) is 3.24. The van der Waals surface area contributed by atoms with E-state index in [1.165, 1.54) is 0 Å². The van der Waals surface area contributed by atoms with Crippen LogP contribution < -0.4 is 10.2 Å². The van der Waals surface area contributed by atoms with Crippen molar-refractivity contribution in [2.75, 3.05) is 13.2 Å². The Kier molecular flexibility index (Phi) is 4.95. The first-order chi connectivity index (χ1) is 13.2. The minimum atomic E-state index is -0.501. The molecule has 28 heavy (non-hydrogen) atoms. The van der Waals surface area contributed by atoms with Crippen LogP contribution in [0.4, 0.5) is 0 Å². The lowest BCUT2D eigenvalue weighted by atomic mass is 9.75. The molecular formula is C21H26BNO5. The van der Waals surface area contributed by atoms with E-state index in [0.29, 0.717) is 24.8 Å². The Bertz CT molecular complexity index is 848. The van der Waals surface area contributed by atoms with Gasteiger partial charge in [0.05, 0.1) is 24.4 Å². The monoisotopic (exact) mass is 383 g/mol. The van der Waals surface area contributed by atoms with Gasteiger partial charge in [-0.3, -0.25) is 0 Å². The molecule has 0 amide bonds. The lowest BCUT2D eigenvalue weighted by molar-refractivity contribution is -0.0436. The molecule has 148 valence electrons. The van der Waals surface area contributed by atoms with Crippen molar-refractivity contribution in [2.24, 2.45) is 0 Å². The molecule has 0 bridgehead atoms. The average molecular weight is 383 g/mol. The Morgan fingerprint density at radius 2 is 1.68 bits per heavy atom. The molecule has 4 rings (SSSR count). The van der Waals surface area contributed by atoms with Gasteiger partial charge in [-0.1, -0.05) is 12.1 Å². The molecule has 2 aromatic rings. The summed E-state index contributed by atoms with van der Waals surface area (Å²) in [6, 6.07) is 11.4. The maximum Gasteiger partial charge on any atom is 0.495 e. The summed E-state index contributed by atoms with van der Waals surface area (Å²) in [7, 11) is -0.501. The zero-order chi connectivity index (χ0) is 19.9. The first-order valence-corrected chi connectivity index (χ1v) is 9.59. The normalized spacial score (nSPS) is 21.2. The first-order valence-electron chi connectivity index (χ1n) is 9.59. The molecule has 2 aliphatic rings. The highest BCUT2D eigenvalue weighted by molar-refractivity contribution is 6.62. The molecule has 3 heterocycles. The molecule has 1 aromatic carbocycles. The van der Waals surface area contributed by atoms with Crippen molar-refractivity contribution >= 4 is 12.6 Å². The lowest BCUT2D eigenvalue weighted by Crippen LogP contribution is -2.41. The standard InChI is InChI=1S/C21H26BNO5/c1-14-7-6-8-18(23-14)26-15-9-10-17(16(13-15)19-24-11-12-25-19)22-27-20(2,3)21(4,5)28-22/h6-10,13,19H,11-12H2,1-5H3. The predicted octanol–water partition coefficient (Wildman–Crippen LogP) is 3.53. The van der Waals surface area contributed by atoms with Crippen molar-refractivity contribution in [1.82, 2.24) is 4.98 Å². The fraction of sp³-hybridized carbons (Fsp3) is 0.476. The number of nitrogens with zero attached hydrogens (tertiary/aromatic N) is 1. The molecule has 0 N–H and O–H groups in total. The van der Waals surface area contributed by atoms with Crippen LogP contribution >= 0.6 is 0 Å². The van der Waals surface area contributed by atoms with Crippen LogP contribution in [0, 0.1) is 6.92 Å². The number of rotatable bonds is 4. The van der Waals surface area contributed by atoms with Crippen LogP contribution in [0.2, 0.25) is 0 Å². The predicted molar refractivity (Wildman–Crippen MR) is 106 cm³/mol. The van der Waals surface area contributed by atoms with Gasteiger partial charge in [-0.15, -0.1) is 0 Å². The Morgan fingerprint density at radius 1 is 1.00 bits per heavy atom.